The lowest BCUT2D eigenvalue weighted by atomic mass is 9.80. The average molecular weight is 631 g/mol. The SMILES string of the molecule is Cc1ccc(C(=O)N2CCC3(CC2)CC(CN2CCN(C)CC2)O3)cc1[N+](=O)[O-].O=C(O)C(F)(F)F.O=C(O)C(F)(F)F. The van der Waals surface area contributed by atoms with E-state index in [0.717, 1.165) is 52.0 Å². The molecule has 1 spiro atoms. The number of ether oxygens (including phenoxy) is 1. The van der Waals surface area contributed by atoms with E-state index in [1.165, 1.54) is 6.07 Å². The third kappa shape index (κ3) is 10.6. The van der Waals surface area contributed by atoms with Gasteiger partial charge in [0.1, 0.15) is 0 Å². The third-order valence-electron chi connectivity index (χ3n) is 7.17. The number of carboxylic acid groups (broad SMARTS) is 2. The zero-order chi connectivity index (χ0) is 32.8. The fraction of sp³-hybridized carbons (Fsp3) is 0.640. The number of hydrogen-bond donors (Lipinski definition) is 2. The molecule has 1 amide bonds. The maximum Gasteiger partial charge on any atom is 0.490 e. The Morgan fingerprint density at radius 2 is 1.44 bits per heavy atom. The van der Waals surface area contributed by atoms with Crippen molar-refractivity contribution in [3.8, 4) is 0 Å². The highest BCUT2D eigenvalue weighted by Gasteiger charge is 2.48. The highest BCUT2D eigenvalue weighted by atomic mass is 19.4. The molecule has 1 aromatic carbocycles. The summed E-state index contributed by atoms with van der Waals surface area (Å²) in [6.07, 6.45) is -7.12. The van der Waals surface area contributed by atoms with E-state index in [1.54, 1.807) is 24.0 Å². The molecule has 18 heteroatoms. The van der Waals surface area contributed by atoms with Crippen molar-refractivity contribution in [1.82, 2.24) is 14.7 Å². The summed E-state index contributed by atoms with van der Waals surface area (Å²) >= 11 is 0. The Labute approximate surface area is 241 Å². The summed E-state index contributed by atoms with van der Waals surface area (Å²) in [5.41, 5.74) is 0.880. The monoisotopic (exact) mass is 630 g/mol. The largest absolute Gasteiger partial charge is 0.490 e. The van der Waals surface area contributed by atoms with Crippen molar-refractivity contribution in [1.29, 1.82) is 0 Å². The number of halogens is 6. The van der Waals surface area contributed by atoms with Crippen molar-refractivity contribution in [3.05, 3.63) is 39.4 Å². The van der Waals surface area contributed by atoms with Crippen LogP contribution in [0.15, 0.2) is 18.2 Å². The van der Waals surface area contributed by atoms with Gasteiger partial charge in [-0.3, -0.25) is 19.8 Å². The molecule has 1 atom stereocenters. The molecule has 3 fully saturated rings. The normalized spacial score (nSPS) is 20.6. The van der Waals surface area contributed by atoms with Gasteiger partial charge in [-0.1, -0.05) is 6.07 Å². The van der Waals surface area contributed by atoms with Crippen LogP contribution in [0.4, 0.5) is 32.0 Å². The van der Waals surface area contributed by atoms with Crippen LogP contribution in [0, 0.1) is 17.0 Å². The second-order valence-electron chi connectivity index (χ2n) is 10.4. The lowest BCUT2D eigenvalue weighted by molar-refractivity contribution is -0.385. The molecule has 0 radical (unpaired) electrons. The number of amides is 1. The molecule has 43 heavy (non-hydrogen) atoms. The number of nitrogens with zero attached hydrogens (tertiary/aromatic N) is 4. The van der Waals surface area contributed by atoms with Crippen molar-refractivity contribution in [3.63, 3.8) is 0 Å². The quantitative estimate of drug-likeness (QED) is 0.288. The van der Waals surface area contributed by atoms with Crippen LogP contribution in [-0.4, -0.2) is 125 Å². The predicted octanol–water partition coefficient (Wildman–Crippen LogP) is 3.18. The Kier molecular flexibility index (Phi) is 11.9. The third-order valence-corrected chi connectivity index (χ3v) is 7.17. The van der Waals surface area contributed by atoms with Crippen molar-refractivity contribution in [2.24, 2.45) is 0 Å². The number of likely N-dealkylation sites (tertiary alicyclic amines) is 1. The fourth-order valence-corrected chi connectivity index (χ4v) is 4.74. The van der Waals surface area contributed by atoms with Gasteiger partial charge in [0.2, 0.25) is 0 Å². The maximum absolute atomic E-state index is 12.8. The molecule has 1 aromatic rings. The zero-order valence-corrected chi connectivity index (χ0v) is 23.3. The number of hydrogen-bond acceptors (Lipinski definition) is 8. The molecule has 242 valence electrons. The maximum atomic E-state index is 12.8. The van der Waals surface area contributed by atoms with E-state index in [0.29, 0.717) is 30.3 Å². The van der Waals surface area contributed by atoms with E-state index in [4.69, 9.17) is 24.5 Å². The number of likely N-dealkylation sites (N-methyl/N-ethyl adjacent to an activating group) is 1. The summed E-state index contributed by atoms with van der Waals surface area (Å²) < 4.78 is 69.8. The first-order valence-electron chi connectivity index (χ1n) is 13.0. The first kappa shape index (κ1) is 35.7. The highest BCUT2D eigenvalue weighted by Crippen LogP contribution is 2.42. The Morgan fingerprint density at radius 3 is 1.86 bits per heavy atom. The van der Waals surface area contributed by atoms with Crippen molar-refractivity contribution in [2.75, 3.05) is 52.9 Å². The lowest BCUT2D eigenvalue weighted by Crippen LogP contribution is -2.60. The molecular weight excluding hydrogens is 598 g/mol. The number of carboxylic acids is 2. The summed E-state index contributed by atoms with van der Waals surface area (Å²) in [7, 11) is 2.16. The Balaban J connectivity index is 0.000000384. The van der Waals surface area contributed by atoms with Gasteiger partial charge in [0.15, 0.2) is 0 Å². The molecule has 4 rings (SSSR count). The first-order valence-corrected chi connectivity index (χ1v) is 13.0. The van der Waals surface area contributed by atoms with Gasteiger partial charge in [-0.25, -0.2) is 9.59 Å². The molecule has 3 heterocycles. The molecule has 3 aliphatic heterocycles. The zero-order valence-electron chi connectivity index (χ0n) is 23.3. The lowest BCUT2D eigenvalue weighted by Gasteiger charge is -2.53. The number of rotatable bonds is 4. The van der Waals surface area contributed by atoms with Gasteiger partial charge >= 0.3 is 24.3 Å². The van der Waals surface area contributed by atoms with Crippen molar-refractivity contribution < 1.29 is 60.6 Å². The molecule has 2 N–H and O–H groups in total. The minimum atomic E-state index is -5.08. The van der Waals surface area contributed by atoms with Crippen LogP contribution in [-0.2, 0) is 14.3 Å². The smallest absolute Gasteiger partial charge is 0.475 e. The molecule has 12 nitrogen and oxygen atoms in total. The van der Waals surface area contributed by atoms with Gasteiger partial charge in [-0.2, -0.15) is 26.3 Å². The summed E-state index contributed by atoms with van der Waals surface area (Å²) in [5.74, 6) is -5.64. The summed E-state index contributed by atoms with van der Waals surface area (Å²) in [4.78, 5) is 48.0. The topological polar surface area (TPSA) is 154 Å². The number of piperazine rings is 1. The number of aliphatic carboxylic acids is 2. The first-order chi connectivity index (χ1) is 19.7. The van der Waals surface area contributed by atoms with Crippen LogP contribution in [0.5, 0.6) is 0 Å². The minimum Gasteiger partial charge on any atom is -0.475 e. The van der Waals surface area contributed by atoms with E-state index >= 15 is 0 Å². The molecule has 3 saturated heterocycles. The number of nitro benzene ring substituents is 1. The number of alkyl halides is 6. The Bertz CT molecular complexity index is 1130. The molecule has 0 saturated carbocycles. The molecule has 0 aliphatic carbocycles. The van der Waals surface area contributed by atoms with Crippen LogP contribution in [0.2, 0.25) is 0 Å². The van der Waals surface area contributed by atoms with Gasteiger partial charge in [-0.05, 0) is 32.9 Å². The molecule has 1 unspecified atom stereocenters. The molecule has 0 aromatic heterocycles. The standard InChI is InChI=1S/C21H30N4O4.2C2HF3O2/c1-16-3-4-17(13-19(16)25(27)28)20(26)24-7-5-21(6-8-24)14-18(29-21)15-23-11-9-22(2)10-12-23;2*3-2(4,5)1(6)7/h3-4,13,18H,5-12,14-15H2,1-2H3;2*(H,6,7). The van der Waals surface area contributed by atoms with Crippen LogP contribution in [0.3, 0.4) is 0 Å². The number of aryl methyl sites for hydroxylation is 1. The Morgan fingerprint density at radius 1 is 0.977 bits per heavy atom. The van der Waals surface area contributed by atoms with Gasteiger partial charge in [-0.15, -0.1) is 0 Å². The van der Waals surface area contributed by atoms with Crippen molar-refractivity contribution >= 4 is 23.5 Å². The minimum absolute atomic E-state index is 0.00148. The number of benzene rings is 1. The van der Waals surface area contributed by atoms with E-state index in [1.807, 2.05) is 0 Å². The number of piperidine rings is 1. The highest BCUT2D eigenvalue weighted by molar-refractivity contribution is 5.95. The second-order valence-corrected chi connectivity index (χ2v) is 10.4. The van der Waals surface area contributed by atoms with Gasteiger partial charge in [0.25, 0.3) is 11.6 Å². The molecular formula is C25H32F6N4O8. The summed E-state index contributed by atoms with van der Waals surface area (Å²) in [6, 6.07) is 4.73. The predicted molar refractivity (Wildman–Crippen MR) is 137 cm³/mol. The van der Waals surface area contributed by atoms with Crippen molar-refractivity contribution in [2.45, 2.75) is 50.2 Å². The van der Waals surface area contributed by atoms with Crippen LogP contribution >= 0.6 is 0 Å². The van der Waals surface area contributed by atoms with Gasteiger partial charge < -0.3 is 24.7 Å². The van der Waals surface area contributed by atoms with Gasteiger partial charge in [0.05, 0.1) is 16.6 Å². The Hall–Kier alpha value is -3.51. The number of nitro groups is 1. The number of carbonyl (C=O) groups excluding carboxylic acids is 1. The van der Waals surface area contributed by atoms with E-state index < -0.39 is 29.2 Å². The number of carbonyl (C=O) groups is 3. The van der Waals surface area contributed by atoms with Crippen LogP contribution in [0.25, 0.3) is 0 Å². The molecule has 0 bridgehead atoms. The van der Waals surface area contributed by atoms with Crippen LogP contribution < -0.4 is 0 Å². The molecule has 3 aliphatic rings. The van der Waals surface area contributed by atoms with Gasteiger partial charge in [0, 0.05) is 69.4 Å². The second kappa shape index (κ2) is 14.3. The summed E-state index contributed by atoms with van der Waals surface area (Å²) in [6.45, 7) is 8.42. The average Bonchev–Trinajstić information content (AvgIpc) is 2.89. The fourth-order valence-electron chi connectivity index (χ4n) is 4.74. The van der Waals surface area contributed by atoms with E-state index in [2.05, 4.69) is 16.8 Å². The van der Waals surface area contributed by atoms with Crippen LogP contribution in [0.1, 0.15) is 35.2 Å². The van der Waals surface area contributed by atoms with E-state index in [-0.39, 0.29) is 17.2 Å². The summed E-state index contributed by atoms with van der Waals surface area (Å²) in [5, 5.41) is 25.4. The van der Waals surface area contributed by atoms with E-state index in [9.17, 15) is 41.3 Å².